The van der Waals surface area contributed by atoms with Crippen molar-refractivity contribution in [2.75, 3.05) is 26.3 Å². The Labute approximate surface area is 139 Å². The van der Waals surface area contributed by atoms with Crippen molar-refractivity contribution in [3.8, 4) is 11.5 Å². The first-order valence-corrected chi connectivity index (χ1v) is 8.46. The van der Waals surface area contributed by atoms with Crippen LogP contribution in [0.4, 0.5) is 0 Å². The van der Waals surface area contributed by atoms with Crippen molar-refractivity contribution in [3.05, 3.63) is 29.8 Å². The van der Waals surface area contributed by atoms with Crippen molar-refractivity contribution < 1.29 is 13.9 Å². The molecule has 7 heteroatoms. The average Bonchev–Trinajstić information content (AvgIpc) is 3.03. The van der Waals surface area contributed by atoms with E-state index in [1.165, 1.54) is 11.8 Å². The molecule has 0 spiro atoms. The van der Waals surface area contributed by atoms with E-state index in [1.807, 2.05) is 43.0 Å². The quantitative estimate of drug-likeness (QED) is 0.800. The molecular weight excluding hydrogens is 314 g/mol. The number of benzene rings is 1. The Morgan fingerprint density at radius 1 is 1.26 bits per heavy atom. The number of amides is 1. The molecule has 2 heterocycles. The van der Waals surface area contributed by atoms with Crippen LogP contribution < -0.4 is 0 Å². The maximum Gasteiger partial charge on any atom is 0.277 e. The standard InChI is InChI=1S/C16H19N3O3S/c1-11-5-3-4-6-13(11)14-17-18-16(22-14)23-12(2)15(20)19-7-9-21-10-8-19/h3-6,12H,7-10H2,1-2H3. The van der Waals surface area contributed by atoms with Gasteiger partial charge in [-0.3, -0.25) is 4.79 Å². The van der Waals surface area contributed by atoms with E-state index >= 15 is 0 Å². The van der Waals surface area contributed by atoms with Crippen LogP contribution in [0.5, 0.6) is 0 Å². The first-order valence-electron chi connectivity index (χ1n) is 7.58. The number of ether oxygens (including phenoxy) is 1. The number of nitrogens with zero attached hydrogens (tertiary/aromatic N) is 3. The van der Waals surface area contributed by atoms with Crippen molar-refractivity contribution in [1.29, 1.82) is 0 Å². The van der Waals surface area contributed by atoms with Gasteiger partial charge in [0.1, 0.15) is 0 Å². The van der Waals surface area contributed by atoms with Crippen molar-refractivity contribution in [2.24, 2.45) is 0 Å². The van der Waals surface area contributed by atoms with E-state index in [2.05, 4.69) is 10.2 Å². The highest BCUT2D eigenvalue weighted by molar-refractivity contribution is 8.00. The lowest BCUT2D eigenvalue weighted by atomic mass is 10.1. The Hall–Kier alpha value is -1.86. The van der Waals surface area contributed by atoms with Crippen LogP contribution in [0.1, 0.15) is 12.5 Å². The lowest BCUT2D eigenvalue weighted by molar-refractivity contribution is -0.134. The van der Waals surface area contributed by atoms with Gasteiger partial charge < -0.3 is 14.1 Å². The fraction of sp³-hybridized carbons (Fsp3) is 0.438. The van der Waals surface area contributed by atoms with Gasteiger partial charge in [-0.1, -0.05) is 30.0 Å². The van der Waals surface area contributed by atoms with Crippen LogP contribution in [0, 0.1) is 6.92 Å². The maximum absolute atomic E-state index is 12.4. The van der Waals surface area contributed by atoms with E-state index < -0.39 is 0 Å². The zero-order valence-corrected chi connectivity index (χ0v) is 14.0. The Bertz CT molecular complexity index is 683. The third-order valence-electron chi connectivity index (χ3n) is 3.73. The molecule has 1 fully saturated rings. The summed E-state index contributed by atoms with van der Waals surface area (Å²) >= 11 is 1.29. The third-order valence-corrected chi connectivity index (χ3v) is 4.65. The molecule has 1 atom stereocenters. The summed E-state index contributed by atoms with van der Waals surface area (Å²) in [7, 11) is 0. The van der Waals surface area contributed by atoms with Gasteiger partial charge in [-0.25, -0.2) is 0 Å². The molecule has 1 saturated heterocycles. The number of rotatable bonds is 4. The second kappa shape index (κ2) is 7.14. The molecule has 0 bridgehead atoms. The number of carbonyl (C=O) groups excluding carboxylic acids is 1. The minimum Gasteiger partial charge on any atom is -0.411 e. The van der Waals surface area contributed by atoms with Gasteiger partial charge in [0.05, 0.1) is 18.5 Å². The number of morpholine rings is 1. The Morgan fingerprint density at radius 2 is 2.00 bits per heavy atom. The molecule has 0 N–H and O–H groups in total. The van der Waals surface area contributed by atoms with E-state index in [1.54, 1.807) is 0 Å². The van der Waals surface area contributed by atoms with E-state index in [-0.39, 0.29) is 11.2 Å². The first-order chi connectivity index (χ1) is 11.1. The summed E-state index contributed by atoms with van der Waals surface area (Å²) in [5, 5.41) is 8.29. The molecule has 1 aliphatic rings. The van der Waals surface area contributed by atoms with Crippen LogP contribution in [0.15, 0.2) is 33.9 Å². The summed E-state index contributed by atoms with van der Waals surface area (Å²) in [6, 6.07) is 7.84. The molecule has 1 unspecified atom stereocenters. The predicted molar refractivity (Wildman–Crippen MR) is 87.2 cm³/mol. The summed E-state index contributed by atoms with van der Waals surface area (Å²) in [4.78, 5) is 14.2. The summed E-state index contributed by atoms with van der Waals surface area (Å²) in [6.45, 7) is 6.34. The average molecular weight is 333 g/mol. The Morgan fingerprint density at radius 3 is 2.74 bits per heavy atom. The Balaban J connectivity index is 1.66. The zero-order valence-electron chi connectivity index (χ0n) is 13.2. The largest absolute Gasteiger partial charge is 0.411 e. The molecule has 1 aromatic heterocycles. The van der Waals surface area contributed by atoms with Gasteiger partial charge in [-0.15, -0.1) is 10.2 Å². The van der Waals surface area contributed by atoms with Crippen LogP contribution in [-0.2, 0) is 9.53 Å². The lowest BCUT2D eigenvalue weighted by Crippen LogP contribution is -2.44. The number of thioether (sulfide) groups is 1. The first kappa shape index (κ1) is 16.0. The van der Waals surface area contributed by atoms with Crippen LogP contribution in [0.2, 0.25) is 0 Å². The second-order valence-electron chi connectivity index (χ2n) is 5.39. The van der Waals surface area contributed by atoms with Gasteiger partial charge in [0.2, 0.25) is 11.8 Å². The molecular formula is C16H19N3O3S. The van der Waals surface area contributed by atoms with Crippen LogP contribution in [0.3, 0.4) is 0 Å². The van der Waals surface area contributed by atoms with E-state index in [0.29, 0.717) is 37.4 Å². The van der Waals surface area contributed by atoms with Crippen LogP contribution in [-0.4, -0.2) is 52.6 Å². The minimum absolute atomic E-state index is 0.0777. The van der Waals surface area contributed by atoms with Gasteiger partial charge >= 0.3 is 0 Å². The lowest BCUT2D eigenvalue weighted by Gasteiger charge is -2.28. The van der Waals surface area contributed by atoms with Crippen LogP contribution in [0.25, 0.3) is 11.5 Å². The van der Waals surface area contributed by atoms with Crippen LogP contribution >= 0.6 is 11.8 Å². The summed E-state index contributed by atoms with van der Waals surface area (Å²) in [6.07, 6.45) is 0. The second-order valence-corrected chi connectivity index (χ2v) is 6.68. The van der Waals surface area contributed by atoms with Gasteiger partial charge in [-0.05, 0) is 25.5 Å². The zero-order chi connectivity index (χ0) is 16.2. The number of aryl methyl sites for hydroxylation is 1. The van der Waals surface area contributed by atoms with E-state index in [9.17, 15) is 4.79 Å². The molecule has 0 saturated carbocycles. The fourth-order valence-electron chi connectivity index (χ4n) is 2.42. The fourth-order valence-corrected chi connectivity index (χ4v) is 3.19. The van der Waals surface area contributed by atoms with Crippen molar-refractivity contribution in [2.45, 2.75) is 24.3 Å². The predicted octanol–water partition coefficient (Wildman–Crippen LogP) is 2.38. The van der Waals surface area contributed by atoms with Gasteiger partial charge in [0, 0.05) is 18.7 Å². The molecule has 3 rings (SSSR count). The number of carbonyl (C=O) groups is 1. The molecule has 1 amide bonds. The van der Waals surface area contributed by atoms with Gasteiger partial charge in [-0.2, -0.15) is 0 Å². The molecule has 122 valence electrons. The highest BCUT2D eigenvalue weighted by Gasteiger charge is 2.25. The third kappa shape index (κ3) is 3.73. The SMILES string of the molecule is Cc1ccccc1-c1nnc(SC(C)C(=O)N2CCOCC2)o1. The van der Waals surface area contributed by atoms with E-state index in [0.717, 1.165) is 11.1 Å². The molecule has 2 aromatic rings. The molecule has 0 aliphatic carbocycles. The maximum atomic E-state index is 12.4. The van der Waals surface area contributed by atoms with Gasteiger partial charge in [0.25, 0.3) is 5.22 Å². The molecule has 1 aromatic carbocycles. The molecule has 6 nitrogen and oxygen atoms in total. The van der Waals surface area contributed by atoms with Gasteiger partial charge in [0.15, 0.2) is 0 Å². The number of hydrogen-bond acceptors (Lipinski definition) is 6. The Kier molecular flexibility index (Phi) is 4.97. The molecule has 0 radical (unpaired) electrons. The highest BCUT2D eigenvalue weighted by Crippen LogP contribution is 2.28. The number of hydrogen-bond donors (Lipinski definition) is 0. The van der Waals surface area contributed by atoms with Crippen molar-refractivity contribution in [3.63, 3.8) is 0 Å². The monoisotopic (exact) mass is 333 g/mol. The van der Waals surface area contributed by atoms with Crippen molar-refractivity contribution >= 4 is 17.7 Å². The smallest absolute Gasteiger partial charge is 0.277 e. The van der Waals surface area contributed by atoms with Crippen molar-refractivity contribution in [1.82, 2.24) is 15.1 Å². The highest BCUT2D eigenvalue weighted by atomic mass is 32.2. The normalized spacial score (nSPS) is 16.3. The van der Waals surface area contributed by atoms with E-state index in [4.69, 9.17) is 9.15 Å². The number of aromatic nitrogens is 2. The topological polar surface area (TPSA) is 68.5 Å². The molecule has 23 heavy (non-hydrogen) atoms. The minimum atomic E-state index is -0.265. The summed E-state index contributed by atoms with van der Waals surface area (Å²) in [5.74, 6) is 0.561. The summed E-state index contributed by atoms with van der Waals surface area (Å²) < 4.78 is 11.0. The summed E-state index contributed by atoms with van der Waals surface area (Å²) in [5.41, 5.74) is 1.99. The molecule has 1 aliphatic heterocycles.